The lowest BCUT2D eigenvalue weighted by molar-refractivity contribution is -0.166. The van der Waals surface area contributed by atoms with Crippen molar-refractivity contribution in [3.05, 3.63) is 23.8 Å². The molecule has 0 aromatic heterocycles. The van der Waals surface area contributed by atoms with E-state index in [2.05, 4.69) is 6.92 Å². The molecule has 1 N–H and O–H groups in total. The Morgan fingerprint density at radius 1 is 1.27 bits per heavy atom. The lowest BCUT2D eigenvalue weighted by Gasteiger charge is -2.55. The number of fused-ring (bicyclic) bond motifs is 3. The van der Waals surface area contributed by atoms with E-state index in [-0.39, 0.29) is 47.8 Å². The van der Waals surface area contributed by atoms with Gasteiger partial charge in [-0.15, -0.1) is 0 Å². The van der Waals surface area contributed by atoms with Crippen LogP contribution in [0.1, 0.15) is 59.3 Å². The molecule has 6 nitrogen and oxygen atoms in total. The third kappa shape index (κ3) is 2.24. The Bertz CT molecular complexity index is 903. The molecule has 1 heterocycles. The molecule has 5 rings (SSSR count). The van der Waals surface area contributed by atoms with E-state index < -0.39 is 22.8 Å². The predicted octanol–water partition coefficient (Wildman–Crippen LogP) is 2.68. The summed E-state index contributed by atoms with van der Waals surface area (Å²) in [5, 5.41) is 11.6. The average molecular weight is 414 g/mol. The van der Waals surface area contributed by atoms with Crippen LogP contribution in [0.3, 0.4) is 0 Å². The average Bonchev–Trinajstić information content (AvgIpc) is 3.37. The van der Waals surface area contributed by atoms with Gasteiger partial charge < -0.3 is 14.6 Å². The molecule has 0 aromatic carbocycles. The van der Waals surface area contributed by atoms with Gasteiger partial charge in [-0.05, 0) is 63.0 Å². The van der Waals surface area contributed by atoms with Crippen LogP contribution in [-0.2, 0) is 23.9 Å². The van der Waals surface area contributed by atoms with Crippen molar-refractivity contribution in [3.8, 4) is 0 Å². The Morgan fingerprint density at radius 3 is 2.77 bits per heavy atom. The van der Waals surface area contributed by atoms with Crippen molar-refractivity contribution in [1.29, 1.82) is 0 Å². The molecular formula is C24H30O6. The molecule has 5 aliphatic rings. The SMILES string of the molecule is CCC(=O)OCC(=O)[C@@]1(O)CC[C@H]2[C@@H]3CCC4=CC(=O)C=C[C@]4(C)[C@@]34O[C@H]4C[C@@]21C. The Hall–Kier alpha value is -1.79. The van der Waals surface area contributed by atoms with Crippen LogP contribution in [0, 0.1) is 22.7 Å². The number of aliphatic hydroxyl groups is 1. The van der Waals surface area contributed by atoms with Crippen molar-refractivity contribution < 1.29 is 29.0 Å². The largest absolute Gasteiger partial charge is 0.458 e. The molecule has 4 fully saturated rings. The second-order valence-electron chi connectivity index (χ2n) is 10.2. The molecule has 6 heteroatoms. The molecule has 1 saturated heterocycles. The number of carbonyl (C=O) groups is 3. The number of rotatable bonds is 4. The minimum atomic E-state index is -1.50. The number of ketones is 2. The van der Waals surface area contributed by atoms with Crippen molar-refractivity contribution in [2.45, 2.75) is 76.6 Å². The van der Waals surface area contributed by atoms with Gasteiger partial charge in [0.25, 0.3) is 0 Å². The molecule has 3 saturated carbocycles. The van der Waals surface area contributed by atoms with Gasteiger partial charge in [0.1, 0.15) is 11.2 Å². The molecule has 0 aromatic rings. The van der Waals surface area contributed by atoms with Crippen molar-refractivity contribution in [2.24, 2.45) is 22.7 Å². The highest BCUT2D eigenvalue weighted by Gasteiger charge is 2.81. The van der Waals surface area contributed by atoms with Gasteiger partial charge in [-0.3, -0.25) is 14.4 Å². The van der Waals surface area contributed by atoms with Gasteiger partial charge in [-0.2, -0.15) is 0 Å². The third-order valence-electron chi connectivity index (χ3n) is 9.20. The van der Waals surface area contributed by atoms with Gasteiger partial charge in [0.05, 0.1) is 6.10 Å². The van der Waals surface area contributed by atoms with E-state index in [4.69, 9.17) is 9.47 Å². The number of hydrogen-bond donors (Lipinski definition) is 1. The highest BCUT2D eigenvalue weighted by molar-refractivity contribution is 6.01. The van der Waals surface area contributed by atoms with Crippen LogP contribution < -0.4 is 0 Å². The van der Waals surface area contributed by atoms with Gasteiger partial charge in [-0.25, -0.2) is 0 Å². The topological polar surface area (TPSA) is 93.2 Å². The third-order valence-corrected chi connectivity index (χ3v) is 9.20. The maximum absolute atomic E-state index is 13.0. The van der Waals surface area contributed by atoms with E-state index in [1.54, 1.807) is 19.1 Å². The van der Waals surface area contributed by atoms with Crippen molar-refractivity contribution in [1.82, 2.24) is 0 Å². The molecule has 162 valence electrons. The van der Waals surface area contributed by atoms with Crippen molar-refractivity contribution in [2.75, 3.05) is 6.61 Å². The fourth-order valence-corrected chi connectivity index (χ4v) is 7.48. The zero-order valence-electron chi connectivity index (χ0n) is 17.9. The summed E-state index contributed by atoms with van der Waals surface area (Å²) >= 11 is 0. The lowest BCUT2D eigenvalue weighted by Crippen LogP contribution is -2.61. The van der Waals surface area contributed by atoms with E-state index in [1.807, 2.05) is 13.0 Å². The summed E-state index contributed by atoms with van der Waals surface area (Å²) in [6, 6.07) is 0. The van der Waals surface area contributed by atoms with Crippen LogP contribution in [0.25, 0.3) is 0 Å². The maximum atomic E-state index is 13.0. The molecule has 0 bridgehead atoms. The minimum Gasteiger partial charge on any atom is -0.458 e. The minimum absolute atomic E-state index is 0.0395. The van der Waals surface area contributed by atoms with E-state index in [0.29, 0.717) is 12.8 Å². The van der Waals surface area contributed by atoms with Gasteiger partial charge in [-0.1, -0.05) is 25.5 Å². The smallest absolute Gasteiger partial charge is 0.305 e. The van der Waals surface area contributed by atoms with E-state index in [0.717, 1.165) is 24.8 Å². The fourth-order valence-electron chi connectivity index (χ4n) is 7.48. The monoisotopic (exact) mass is 414 g/mol. The zero-order chi connectivity index (χ0) is 21.5. The molecule has 0 amide bonds. The summed E-state index contributed by atoms with van der Waals surface area (Å²) in [5.74, 6) is -0.415. The Balaban J connectivity index is 1.46. The van der Waals surface area contributed by atoms with E-state index >= 15 is 0 Å². The summed E-state index contributed by atoms with van der Waals surface area (Å²) in [4.78, 5) is 36.5. The van der Waals surface area contributed by atoms with E-state index in [1.165, 1.54) is 0 Å². The standard InChI is InChI=1S/C24H30O6/c1-4-20(27)29-13-18(26)23(28)10-8-16-17-6-5-14-11-15(25)7-9-21(14,2)24(17)19(30-24)12-22(16,23)3/h7,9,11,16-17,19,28H,4-6,8,10,12-13H2,1-3H3/t16-,17-,19-,21-,22-,23-,24+/m0/s1. The fraction of sp³-hybridized carbons (Fsp3) is 0.708. The second-order valence-corrected chi connectivity index (χ2v) is 10.2. The number of ether oxygens (including phenoxy) is 2. The Labute approximate surface area is 176 Å². The Kier molecular flexibility index (Phi) is 4.12. The maximum Gasteiger partial charge on any atom is 0.305 e. The molecule has 4 aliphatic carbocycles. The first-order valence-corrected chi connectivity index (χ1v) is 11.2. The summed E-state index contributed by atoms with van der Waals surface area (Å²) < 4.78 is 11.5. The van der Waals surface area contributed by atoms with Crippen LogP contribution >= 0.6 is 0 Å². The van der Waals surface area contributed by atoms with E-state index in [9.17, 15) is 19.5 Å². The molecule has 1 spiro atoms. The summed E-state index contributed by atoms with van der Waals surface area (Å²) in [5.41, 5.74) is -1.62. The normalized spacial score (nSPS) is 48.1. The number of carbonyl (C=O) groups excluding carboxylic acids is 3. The zero-order valence-corrected chi connectivity index (χ0v) is 17.9. The molecule has 30 heavy (non-hydrogen) atoms. The summed E-state index contributed by atoms with van der Waals surface area (Å²) in [6.07, 6.45) is 9.08. The molecule has 7 atom stereocenters. The molecule has 1 aliphatic heterocycles. The highest BCUT2D eigenvalue weighted by Crippen LogP contribution is 2.75. The van der Waals surface area contributed by atoms with Gasteiger partial charge in [0.15, 0.2) is 12.4 Å². The van der Waals surface area contributed by atoms with Crippen LogP contribution in [0.15, 0.2) is 23.8 Å². The summed E-state index contributed by atoms with van der Waals surface area (Å²) in [6.45, 7) is 5.50. The quantitative estimate of drug-likeness (QED) is 0.562. The summed E-state index contributed by atoms with van der Waals surface area (Å²) in [7, 11) is 0. The van der Waals surface area contributed by atoms with Gasteiger partial charge in [0, 0.05) is 17.3 Å². The number of epoxide rings is 1. The second kappa shape index (κ2) is 6.13. The highest BCUT2D eigenvalue weighted by atomic mass is 16.6. The molecule has 0 radical (unpaired) electrons. The van der Waals surface area contributed by atoms with Crippen LogP contribution in [0.5, 0.6) is 0 Å². The molecular weight excluding hydrogens is 384 g/mol. The number of Topliss-reactive ketones (excluding diaryl/α,β-unsaturated/α-hetero) is 1. The number of esters is 1. The first-order chi connectivity index (χ1) is 14.1. The van der Waals surface area contributed by atoms with Gasteiger partial charge in [0.2, 0.25) is 5.78 Å². The first-order valence-electron chi connectivity index (χ1n) is 11.2. The molecule has 0 unspecified atom stereocenters. The van der Waals surface area contributed by atoms with Crippen LogP contribution in [0.4, 0.5) is 0 Å². The first kappa shape index (κ1) is 20.1. The van der Waals surface area contributed by atoms with Crippen LogP contribution in [-0.4, -0.2) is 46.6 Å². The van der Waals surface area contributed by atoms with Gasteiger partial charge >= 0.3 is 5.97 Å². The number of hydrogen-bond acceptors (Lipinski definition) is 6. The van der Waals surface area contributed by atoms with Crippen molar-refractivity contribution >= 4 is 17.5 Å². The van der Waals surface area contributed by atoms with Crippen LogP contribution in [0.2, 0.25) is 0 Å². The number of allylic oxidation sites excluding steroid dienone is 2. The lowest BCUT2D eigenvalue weighted by atomic mass is 9.47. The van der Waals surface area contributed by atoms with Crippen molar-refractivity contribution in [3.63, 3.8) is 0 Å². The predicted molar refractivity (Wildman–Crippen MR) is 107 cm³/mol. The Morgan fingerprint density at radius 2 is 2.03 bits per heavy atom.